The van der Waals surface area contributed by atoms with Crippen molar-refractivity contribution < 1.29 is 18.9 Å². The van der Waals surface area contributed by atoms with Crippen LogP contribution >= 0.6 is 0 Å². The zero-order valence-corrected chi connectivity index (χ0v) is 14.5. The second-order valence-electron chi connectivity index (χ2n) is 5.76. The van der Waals surface area contributed by atoms with Gasteiger partial charge >= 0.3 is 0 Å². The largest absolute Gasteiger partial charge is 0.324 e. The normalized spacial score (nSPS) is 10.4. The van der Waals surface area contributed by atoms with E-state index in [-0.39, 0.29) is 28.3 Å². The average Bonchev–Trinajstić information content (AvgIpc) is 3.18. The number of aromatic nitrogens is 2. The van der Waals surface area contributed by atoms with Crippen LogP contribution in [0.5, 0.6) is 0 Å². The molecule has 0 saturated carbocycles. The number of hydrogen-bond donors (Lipinski definition) is 2. The Kier molecular flexibility index (Phi) is 5.12. The van der Waals surface area contributed by atoms with Crippen LogP contribution in [0.1, 0.15) is 17.3 Å². The first-order chi connectivity index (χ1) is 13.3. The number of benzene rings is 2. The van der Waals surface area contributed by atoms with E-state index in [1.807, 2.05) is 0 Å². The molecule has 0 saturated heterocycles. The molecule has 1 heterocycles. The monoisotopic (exact) mass is 383 g/mol. The molecule has 0 aliphatic rings. The van der Waals surface area contributed by atoms with Gasteiger partial charge < -0.3 is 15.2 Å². The lowest BCUT2D eigenvalue weighted by atomic mass is 10.1. The van der Waals surface area contributed by atoms with Crippen molar-refractivity contribution in [2.45, 2.75) is 6.92 Å². The highest BCUT2D eigenvalue weighted by atomic mass is 19.1. The lowest BCUT2D eigenvalue weighted by molar-refractivity contribution is -0.384. The number of nitrogens with one attached hydrogen (secondary N) is 2. The fourth-order valence-electron chi connectivity index (χ4n) is 2.52. The van der Waals surface area contributed by atoms with Crippen molar-refractivity contribution in [2.24, 2.45) is 0 Å². The van der Waals surface area contributed by atoms with Crippen LogP contribution in [0.15, 0.2) is 55.1 Å². The Morgan fingerprint density at radius 1 is 1.18 bits per heavy atom. The summed E-state index contributed by atoms with van der Waals surface area (Å²) in [5, 5.41) is 16.2. The number of nitrogens with zero attached hydrogens (tertiary/aromatic N) is 3. The Morgan fingerprint density at radius 3 is 2.61 bits per heavy atom. The summed E-state index contributed by atoms with van der Waals surface area (Å²) in [7, 11) is 0. The Morgan fingerprint density at radius 2 is 1.96 bits per heavy atom. The average molecular weight is 383 g/mol. The maximum absolute atomic E-state index is 13.7. The van der Waals surface area contributed by atoms with E-state index in [2.05, 4.69) is 15.6 Å². The molecule has 1 aromatic heterocycles. The van der Waals surface area contributed by atoms with Crippen LogP contribution in [-0.2, 0) is 4.79 Å². The molecule has 2 aromatic carbocycles. The van der Waals surface area contributed by atoms with Gasteiger partial charge in [0.1, 0.15) is 11.5 Å². The lowest BCUT2D eigenvalue weighted by Gasteiger charge is -2.10. The van der Waals surface area contributed by atoms with Gasteiger partial charge in [-0.3, -0.25) is 19.7 Å². The molecule has 9 nitrogen and oxygen atoms in total. The molecule has 0 bridgehead atoms. The van der Waals surface area contributed by atoms with Crippen LogP contribution in [0.25, 0.3) is 5.69 Å². The number of imidazole rings is 1. The second kappa shape index (κ2) is 7.66. The van der Waals surface area contributed by atoms with Crippen molar-refractivity contribution >= 4 is 28.9 Å². The first-order valence-corrected chi connectivity index (χ1v) is 8.00. The predicted octanol–water partition coefficient (Wildman–Crippen LogP) is 3.13. The molecular weight excluding hydrogens is 369 g/mol. The van der Waals surface area contributed by atoms with Crippen molar-refractivity contribution in [1.82, 2.24) is 9.55 Å². The molecule has 0 unspecified atom stereocenters. The Labute approximate surface area is 158 Å². The predicted molar refractivity (Wildman–Crippen MR) is 98.9 cm³/mol. The molecule has 0 aliphatic carbocycles. The summed E-state index contributed by atoms with van der Waals surface area (Å²) in [4.78, 5) is 38.2. The summed E-state index contributed by atoms with van der Waals surface area (Å²) in [6.45, 7) is 1.23. The number of hydrogen-bond acceptors (Lipinski definition) is 5. The van der Waals surface area contributed by atoms with Crippen LogP contribution in [0.4, 0.5) is 21.5 Å². The standard InChI is InChI=1S/C18H14FN5O4/c1-11(25)21-15-9-13(3-4-14(15)19)22-18(26)12-2-5-16(17(8-12)24(27)28)23-7-6-20-10-23/h2-10H,1H3,(H,21,25)(H,22,26). The molecule has 28 heavy (non-hydrogen) atoms. The fraction of sp³-hybridized carbons (Fsp3) is 0.0556. The van der Waals surface area contributed by atoms with Crippen molar-refractivity contribution in [2.75, 3.05) is 10.6 Å². The zero-order chi connectivity index (χ0) is 20.3. The van der Waals surface area contributed by atoms with Gasteiger partial charge in [-0.1, -0.05) is 0 Å². The van der Waals surface area contributed by atoms with Gasteiger partial charge in [-0.25, -0.2) is 9.37 Å². The van der Waals surface area contributed by atoms with Crippen LogP contribution in [0.3, 0.4) is 0 Å². The third-order valence-electron chi connectivity index (χ3n) is 3.75. The fourth-order valence-corrected chi connectivity index (χ4v) is 2.52. The second-order valence-corrected chi connectivity index (χ2v) is 5.76. The van der Waals surface area contributed by atoms with Gasteiger partial charge in [-0.2, -0.15) is 0 Å². The highest BCUT2D eigenvalue weighted by Gasteiger charge is 2.19. The maximum atomic E-state index is 13.7. The van der Waals surface area contributed by atoms with Gasteiger partial charge in [0.15, 0.2) is 0 Å². The molecule has 2 amide bonds. The highest BCUT2D eigenvalue weighted by molar-refractivity contribution is 6.05. The van der Waals surface area contributed by atoms with E-state index < -0.39 is 22.6 Å². The van der Waals surface area contributed by atoms with Crippen molar-refractivity contribution in [3.63, 3.8) is 0 Å². The number of rotatable bonds is 5. The van der Waals surface area contributed by atoms with E-state index in [0.29, 0.717) is 0 Å². The van der Waals surface area contributed by atoms with E-state index in [1.165, 1.54) is 48.3 Å². The highest BCUT2D eigenvalue weighted by Crippen LogP contribution is 2.25. The van der Waals surface area contributed by atoms with E-state index in [9.17, 15) is 24.1 Å². The first kappa shape index (κ1) is 18.7. The van der Waals surface area contributed by atoms with Gasteiger partial charge in [-0.15, -0.1) is 0 Å². The quantitative estimate of drug-likeness (QED) is 0.518. The van der Waals surface area contributed by atoms with E-state index >= 15 is 0 Å². The van der Waals surface area contributed by atoms with Gasteiger partial charge in [0.25, 0.3) is 11.6 Å². The number of amides is 2. The zero-order valence-electron chi connectivity index (χ0n) is 14.5. The summed E-state index contributed by atoms with van der Waals surface area (Å²) >= 11 is 0. The molecule has 3 aromatic rings. The molecule has 3 rings (SSSR count). The smallest absolute Gasteiger partial charge is 0.294 e. The van der Waals surface area contributed by atoms with E-state index in [1.54, 1.807) is 6.20 Å². The third kappa shape index (κ3) is 4.01. The lowest BCUT2D eigenvalue weighted by Crippen LogP contribution is -2.14. The summed E-state index contributed by atoms with van der Waals surface area (Å²) in [5.41, 5.74) is 0.154. The van der Waals surface area contributed by atoms with Gasteiger partial charge in [0, 0.05) is 36.6 Å². The number of halogens is 1. The SMILES string of the molecule is CC(=O)Nc1cc(NC(=O)c2ccc(-n3ccnc3)c([N+](=O)[O-])c2)ccc1F. The molecule has 10 heteroatoms. The molecule has 0 fully saturated rings. The van der Waals surface area contributed by atoms with Crippen LogP contribution in [0, 0.1) is 15.9 Å². The van der Waals surface area contributed by atoms with Crippen LogP contribution in [0.2, 0.25) is 0 Å². The molecular formula is C18H14FN5O4. The molecule has 0 aliphatic heterocycles. The molecule has 142 valence electrons. The van der Waals surface area contributed by atoms with Gasteiger partial charge in [-0.05, 0) is 30.3 Å². The van der Waals surface area contributed by atoms with Crippen LogP contribution in [-0.4, -0.2) is 26.3 Å². The van der Waals surface area contributed by atoms with Crippen LogP contribution < -0.4 is 10.6 Å². The summed E-state index contributed by atoms with van der Waals surface area (Å²) in [5.74, 6) is -1.75. The summed E-state index contributed by atoms with van der Waals surface area (Å²) in [6, 6.07) is 7.65. The number of nitro benzene ring substituents is 1. The minimum atomic E-state index is -0.659. The van der Waals surface area contributed by atoms with Gasteiger partial charge in [0.05, 0.1) is 16.9 Å². The van der Waals surface area contributed by atoms with Crippen molar-refractivity contribution in [3.05, 3.63) is 76.6 Å². The topological polar surface area (TPSA) is 119 Å². The Bertz CT molecular complexity index is 1070. The minimum Gasteiger partial charge on any atom is -0.324 e. The third-order valence-corrected chi connectivity index (χ3v) is 3.75. The number of carbonyl (C=O) groups excluding carboxylic acids is 2. The van der Waals surface area contributed by atoms with Crippen molar-refractivity contribution in [3.8, 4) is 5.69 Å². The van der Waals surface area contributed by atoms with E-state index in [4.69, 9.17) is 0 Å². The van der Waals surface area contributed by atoms with Gasteiger partial charge in [0.2, 0.25) is 5.91 Å². The minimum absolute atomic E-state index is 0.0426. The first-order valence-electron chi connectivity index (χ1n) is 8.00. The summed E-state index contributed by atoms with van der Waals surface area (Å²) in [6.07, 6.45) is 4.43. The maximum Gasteiger partial charge on any atom is 0.294 e. The molecule has 0 atom stereocenters. The summed E-state index contributed by atoms with van der Waals surface area (Å²) < 4.78 is 15.2. The molecule has 2 N–H and O–H groups in total. The number of nitro groups is 1. The number of anilines is 2. The van der Waals surface area contributed by atoms with E-state index in [0.717, 1.165) is 12.1 Å². The molecule has 0 spiro atoms. The van der Waals surface area contributed by atoms with Crippen molar-refractivity contribution in [1.29, 1.82) is 0 Å². The molecule has 0 radical (unpaired) electrons. The number of carbonyl (C=O) groups is 2. The Hall–Kier alpha value is -4.08. The Balaban J connectivity index is 1.88.